The largest absolute Gasteiger partial charge is 0.274 e. The van der Waals surface area contributed by atoms with E-state index < -0.39 is 0 Å². The van der Waals surface area contributed by atoms with Gasteiger partial charge in [-0.15, -0.1) is 0 Å². The maximum Gasteiger partial charge on any atom is 0.238 e. The molecule has 1 heterocycles. The van der Waals surface area contributed by atoms with Gasteiger partial charge in [-0.3, -0.25) is 9.59 Å². The van der Waals surface area contributed by atoms with Crippen molar-refractivity contribution in [2.45, 2.75) is 46.0 Å². The van der Waals surface area contributed by atoms with Gasteiger partial charge in [0, 0.05) is 0 Å². The Labute approximate surface area is 132 Å². The van der Waals surface area contributed by atoms with Crippen molar-refractivity contribution >= 4 is 17.5 Å². The van der Waals surface area contributed by atoms with Gasteiger partial charge in [0.05, 0.1) is 17.5 Å². The quantitative estimate of drug-likeness (QED) is 0.583. The smallest absolute Gasteiger partial charge is 0.238 e. The van der Waals surface area contributed by atoms with Crippen LogP contribution < -0.4 is 4.90 Å². The van der Waals surface area contributed by atoms with Crippen LogP contribution in [0.2, 0.25) is 0 Å². The fourth-order valence-corrected chi connectivity index (χ4v) is 3.58. The number of carbonyl (C=O) groups is 2. The lowest BCUT2D eigenvalue weighted by atomic mass is 9.82. The zero-order chi connectivity index (χ0) is 16.1. The molecule has 1 aromatic rings. The number of amides is 2. The van der Waals surface area contributed by atoms with E-state index in [9.17, 15) is 9.59 Å². The monoisotopic (exact) mass is 297 g/mol. The number of rotatable bonds is 1. The molecule has 1 aliphatic heterocycles. The second-order valence-corrected chi connectivity index (χ2v) is 7.48. The molecule has 0 aromatic heterocycles. The SMILES string of the molecule is CC1=CC[C@H]2C(=O)N(c3ccccc3C(C)(C)C)C(=O)[C@H]2C1. The van der Waals surface area contributed by atoms with Gasteiger partial charge in [0.2, 0.25) is 11.8 Å². The molecule has 3 nitrogen and oxygen atoms in total. The molecule has 1 fully saturated rings. The van der Waals surface area contributed by atoms with Crippen LogP contribution in [0.3, 0.4) is 0 Å². The van der Waals surface area contributed by atoms with E-state index in [4.69, 9.17) is 0 Å². The summed E-state index contributed by atoms with van der Waals surface area (Å²) in [6.45, 7) is 8.36. The lowest BCUT2D eigenvalue weighted by molar-refractivity contribution is -0.122. The number of benzene rings is 1. The number of fused-ring (bicyclic) bond motifs is 1. The standard InChI is InChI=1S/C19H23NO2/c1-12-9-10-13-14(11-12)18(22)20(17(13)21)16-8-6-5-7-15(16)19(2,3)4/h5-9,13-14H,10-11H2,1-4H3/t13-,14+/m1/s1. The van der Waals surface area contributed by atoms with E-state index in [1.807, 2.05) is 31.2 Å². The molecule has 1 saturated heterocycles. The zero-order valence-electron chi connectivity index (χ0n) is 13.7. The second kappa shape index (κ2) is 5.08. The molecule has 0 bridgehead atoms. The van der Waals surface area contributed by atoms with Crippen LogP contribution in [0.4, 0.5) is 5.69 Å². The molecule has 0 spiro atoms. The van der Waals surface area contributed by atoms with E-state index >= 15 is 0 Å². The molecule has 2 amide bonds. The Bertz CT molecular complexity index is 666. The Morgan fingerprint density at radius 3 is 2.36 bits per heavy atom. The van der Waals surface area contributed by atoms with Gasteiger partial charge in [0.25, 0.3) is 0 Å². The highest BCUT2D eigenvalue weighted by atomic mass is 16.2. The molecule has 0 radical (unpaired) electrons. The first-order valence-electron chi connectivity index (χ1n) is 7.93. The topological polar surface area (TPSA) is 37.4 Å². The average molecular weight is 297 g/mol. The number of carbonyl (C=O) groups excluding carboxylic acids is 2. The highest BCUT2D eigenvalue weighted by Gasteiger charge is 2.49. The fourth-order valence-electron chi connectivity index (χ4n) is 3.58. The predicted molar refractivity (Wildman–Crippen MR) is 87.6 cm³/mol. The first-order valence-corrected chi connectivity index (χ1v) is 7.93. The van der Waals surface area contributed by atoms with Crippen molar-refractivity contribution in [1.82, 2.24) is 0 Å². The van der Waals surface area contributed by atoms with E-state index in [0.717, 1.165) is 11.3 Å². The Morgan fingerprint density at radius 2 is 1.68 bits per heavy atom. The molecular formula is C19H23NO2. The number of imide groups is 1. The maximum atomic E-state index is 12.9. The van der Waals surface area contributed by atoms with Crippen LogP contribution >= 0.6 is 0 Å². The molecule has 3 rings (SSSR count). The van der Waals surface area contributed by atoms with Crippen LogP contribution in [-0.4, -0.2) is 11.8 Å². The van der Waals surface area contributed by atoms with Crippen molar-refractivity contribution in [3.8, 4) is 0 Å². The van der Waals surface area contributed by atoms with Crippen LogP contribution in [0, 0.1) is 11.8 Å². The molecule has 1 aromatic carbocycles. The van der Waals surface area contributed by atoms with Crippen LogP contribution in [0.5, 0.6) is 0 Å². The van der Waals surface area contributed by atoms with E-state index in [1.165, 1.54) is 10.5 Å². The van der Waals surface area contributed by atoms with E-state index in [-0.39, 0.29) is 29.1 Å². The molecule has 0 unspecified atom stereocenters. The molecule has 1 aliphatic carbocycles. The zero-order valence-corrected chi connectivity index (χ0v) is 13.7. The molecule has 3 heteroatoms. The van der Waals surface area contributed by atoms with Crippen LogP contribution in [0.1, 0.15) is 46.1 Å². The van der Waals surface area contributed by atoms with Gasteiger partial charge in [-0.1, -0.05) is 50.6 Å². The minimum atomic E-state index is -0.177. The summed E-state index contributed by atoms with van der Waals surface area (Å²) < 4.78 is 0. The number of anilines is 1. The summed E-state index contributed by atoms with van der Waals surface area (Å²) in [5.41, 5.74) is 2.91. The third kappa shape index (κ3) is 2.29. The molecule has 116 valence electrons. The minimum absolute atomic E-state index is 0.0286. The summed E-state index contributed by atoms with van der Waals surface area (Å²) in [6.07, 6.45) is 3.50. The third-order valence-corrected chi connectivity index (χ3v) is 4.78. The second-order valence-electron chi connectivity index (χ2n) is 7.48. The van der Waals surface area contributed by atoms with Crippen molar-refractivity contribution in [1.29, 1.82) is 0 Å². The van der Waals surface area contributed by atoms with E-state index in [1.54, 1.807) is 0 Å². The summed E-state index contributed by atoms with van der Waals surface area (Å²) in [7, 11) is 0. The summed E-state index contributed by atoms with van der Waals surface area (Å²) >= 11 is 0. The summed E-state index contributed by atoms with van der Waals surface area (Å²) in [6, 6.07) is 7.78. The normalized spacial score (nSPS) is 25.3. The van der Waals surface area contributed by atoms with Crippen molar-refractivity contribution in [3.05, 3.63) is 41.5 Å². The molecular weight excluding hydrogens is 274 g/mol. The number of nitrogens with zero attached hydrogens (tertiary/aromatic N) is 1. The summed E-state index contributed by atoms with van der Waals surface area (Å²) in [5, 5.41) is 0. The van der Waals surface area contributed by atoms with Gasteiger partial charge >= 0.3 is 0 Å². The first-order chi connectivity index (χ1) is 10.3. The summed E-state index contributed by atoms with van der Waals surface area (Å²) in [5.74, 6) is -0.413. The molecule has 0 saturated carbocycles. The van der Waals surface area contributed by atoms with Crippen LogP contribution in [0.15, 0.2) is 35.9 Å². The highest BCUT2D eigenvalue weighted by Crippen LogP contribution is 2.42. The van der Waals surface area contributed by atoms with E-state index in [0.29, 0.717) is 12.8 Å². The van der Waals surface area contributed by atoms with Crippen LogP contribution in [0.25, 0.3) is 0 Å². The first kappa shape index (κ1) is 15.0. The number of allylic oxidation sites excluding steroid dienone is 2. The van der Waals surface area contributed by atoms with Crippen molar-refractivity contribution in [2.24, 2.45) is 11.8 Å². The van der Waals surface area contributed by atoms with Gasteiger partial charge in [-0.25, -0.2) is 4.90 Å². The summed E-state index contributed by atoms with van der Waals surface area (Å²) in [4.78, 5) is 27.1. The average Bonchev–Trinajstić information content (AvgIpc) is 2.69. The lowest BCUT2D eigenvalue weighted by Crippen LogP contribution is -2.33. The molecule has 2 atom stereocenters. The van der Waals surface area contributed by atoms with Gasteiger partial charge in [-0.2, -0.15) is 0 Å². The Kier molecular flexibility index (Phi) is 3.47. The Hall–Kier alpha value is -1.90. The lowest BCUT2D eigenvalue weighted by Gasteiger charge is -2.26. The van der Waals surface area contributed by atoms with Crippen LogP contribution in [-0.2, 0) is 15.0 Å². The third-order valence-electron chi connectivity index (χ3n) is 4.78. The van der Waals surface area contributed by atoms with Gasteiger partial charge in [0.15, 0.2) is 0 Å². The minimum Gasteiger partial charge on any atom is -0.274 e. The van der Waals surface area contributed by atoms with Crippen molar-refractivity contribution in [3.63, 3.8) is 0 Å². The maximum absolute atomic E-state index is 12.9. The Balaban J connectivity index is 2.04. The number of hydrogen-bond donors (Lipinski definition) is 0. The van der Waals surface area contributed by atoms with Gasteiger partial charge < -0.3 is 0 Å². The molecule has 0 N–H and O–H groups in total. The van der Waals surface area contributed by atoms with Gasteiger partial charge in [-0.05, 0) is 36.8 Å². The fraction of sp³-hybridized carbons (Fsp3) is 0.474. The van der Waals surface area contributed by atoms with Crippen molar-refractivity contribution < 1.29 is 9.59 Å². The molecule has 2 aliphatic rings. The van der Waals surface area contributed by atoms with Crippen molar-refractivity contribution in [2.75, 3.05) is 4.90 Å². The highest BCUT2D eigenvalue weighted by molar-refractivity contribution is 6.22. The van der Waals surface area contributed by atoms with E-state index in [2.05, 4.69) is 26.8 Å². The number of para-hydroxylation sites is 1. The number of hydrogen-bond acceptors (Lipinski definition) is 2. The van der Waals surface area contributed by atoms with Gasteiger partial charge in [0.1, 0.15) is 0 Å². The predicted octanol–water partition coefficient (Wildman–Crippen LogP) is 3.83. The Morgan fingerprint density at radius 1 is 1.05 bits per heavy atom. The molecule has 22 heavy (non-hydrogen) atoms.